The zero-order chi connectivity index (χ0) is 26.5. The van der Waals surface area contributed by atoms with Crippen molar-refractivity contribution < 1.29 is 167 Å². The van der Waals surface area contributed by atoms with Crippen LogP contribution in [0.25, 0.3) is 0 Å². The van der Waals surface area contributed by atoms with Gasteiger partial charge in [-0.1, -0.05) is 52.3 Å². The number of hydrogen-bond donors (Lipinski definition) is 4. The highest BCUT2D eigenvalue weighted by Crippen LogP contribution is 2.33. The zero-order valence-corrected chi connectivity index (χ0v) is 22.1. The van der Waals surface area contributed by atoms with E-state index in [0.29, 0.717) is 5.69 Å². The van der Waals surface area contributed by atoms with Crippen molar-refractivity contribution in [1.82, 2.24) is 20.6 Å². The quantitative estimate of drug-likeness (QED) is 0.184. The van der Waals surface area contributed by atoms with Gasteiger partial charge in [0.15, 0.2) is 0 Å². The maximum absolute atomic E-state index is 13.5. The molecule has 2 amide bonds. The van der Waals surface area contributed by atoms with Gasteiger partial charge in [0.05, 0.1) is 23.5 Å². The molecule has 0 spiro atoms. The lowest BCUT2D eigenvalue weighted by atomic mass is 9.59. The van der Waals surface area contributed by atoms with Crippen molar-refractivity contribution in [2.75, 3.05) is 0 Å². The minimum atomic E-state index is -1.76. The maximum atomic E-state index is 13.5. The predicted octanol–water partition coefficient (Wildman–Crippen LogP) is 28.0. The molecule has 1 heterocycles. The first kappa shape index (κ1) is 28.5. The molecule has 2 rings (SSSR count). The Bertz CT molecular complexity index is 1170. The van der Waals surface area contributed by atoms with Gasteiger partial charge in [0.1, 0.15) is 11.7 Å². The van der Waals surface area contributed by atoms with E-state index < -0.39 is 36.3 Å². The van der Waals surface area contributed by atoms with Crippen LogP contribution < -0.4 is 10.6 Å². The lowest BCUT2D eigenvalue weighted by Gasteiger charge is -2.39. The van der Waals surface area contributed by atoms with Crippen LogP contribution in [0.5, 0.6) is 0 Å². The van der Waals surface area contributed by atoms with E-state index in [1.54, 1.807) is 13.8 Å². The van der Waals surface area contributed by atoms with Gasteiger partial charge in [0.2, 0.25) is 5.91 Å². The molecule has 0 radical (unpaired) electrons. The molecule has 0 saturated heterocycles. The number of carbonyl (C=O) groups is 2. The Balaban J connectivity index is -0.00000000126. The fraction of sp³-hybridized carbons (Fsp3) is 0.538. The van der Waals surface area contributed by atoms with Crippen molar-refractivity contribution in [1.29, 1.82) is 0 Å². The summed E-state index contributed by atoms with van der Waals surface area (Å²) < 4.78 is 0. The van der Waals surface area contributed by atoms with Gasteiger partial charge in [-0.15, -0.1) is 0 Å². The van der Waals surface area contributed by atoms with Crippen LogP contribution in [-0.4, -0.2) is 50.9 Å². The number of aromatic nitrogens is 2. The van der Waals surface area contributed by atoms with Crippen molar-refractivity contribution in [3.8, 4) is 0 Å². The molecule has 396 valence electrons. The van der Waals surface area contributed by atoms with E-state index in [2.05, 4.69) is 20.6 Å². The number of hydrogen-bond acceptors (Lipinski definition) is 6. The van der Waals surface area contributed by atoms with Crippen LogP contribution in [0.3, 0.4) is 0 Å². The Labute approximate surface area is 362 Å². The molecule has 4 N–H and O–H groups in total. The van der Waals surface area contributed by atoms with E-state index in [-0.39, 0.29) is 165 Å². The first-order valence-corrected chi connectivity index (χ1v) is 12.1. The first-order valence-electron chi connectivity index (χ1n) is 12.1. The smallest absolute Gasteiger partial charge is 0.426 e. The third-order valence-electron chi connectivity index (χ3n) is 7.47. The average molecular weight is 690 g/mol. The summed E-state index contributed by atoms with van der Waals surface area (Å²) in [4.78, 5) is 35.1. The van der Waals surface area contributed by atoms with Crippen LogP contribution in [0.4, 0.5) is 0 Å². The lowest BCUT2D eigenvalue weighted by Crippen LogP contribution is -2.60. The van der Waals surface area contributed by atoms with Crippen molar-refractivity contribution in [2.24, 2.45) is 11.3 Å². The molecule has 1 aromatic heterocycles. The number of amides is 2. The number of carbonyl (C=O) groups excluding carboxylic acids is 2. The van der Waals surface area contributed by atoms with E-state index >= 15 is 0 Å². The molecule has 0 aliphatic carbocycles. The van der Waals surface area contributed by atoms with Crippen LogP contribution in [0, 0.1) is 39.0 Å². The third-order valence-corrected chi connectivity index (χ3v) is 7.47. The highest BCUT2D eigenvalue weighted by molar-refractivity contribution is 6.44. The second kappa shape index (κ2) is 11.8. The molecule has 2 aromatic rings. The number of nitrogens with zero attached hydrogens (tertiary/aromatic N) is 2. The Morgan fingerprint density at radius 3 is 2.34 bits per heavy atom. The monoisotopic (exact) mass is 690 g/mol. The molecule has 1 aromatic carbocycles. The van der Waals surface area contributed by atoms with Crippen LogP contribution >= 0.6 is 0 Å². The largest absolute Gasteiger partial charge is 0.476 e. The summed E-state index contributed by atoms with van der Waals surface area (Å²) in [5.74, 6) is -1.84. The van der Waals surface area contributed by atoms with Crippen molar-refractivity contribution >= 4 is 18.9 Å². The topological polar surface area (TPSA) is 124 Å². The van der Waals surface area contributed by atoms with Gasteiger partial charge in [-0.25, -0.2) is 4.98 Å². The first-order chi connectivity index (χ1) is 16.3. The summed E-state index contributed by atoms with van der Waals surface area (Å²) in [6.07, 6.45) is 2.43. The molecule has 9 heteroatoms. The highest BCUT2D eigenvalue weighted by atomic mass is 16.4. The Morgan fingerprint density at radius 1 is 1.11 bits per heavy atom. The summed E-state index contributed by atoms with van der Waals surface area (Å²) in [6, 6.07) is 4.87. The van der Waals surface area contributed by atoms with Crippen LogP contribution in [-0.2, 0) is 11.2 Å². The zero-order valence-electron chi connectivity index (χ0n) is 22.1. The predicted molar refractivity (Wildman–Crippen MR) is 355 cm³/mol. The molecule has 8 nitrogen and oxygen atoms in total. The van der Waals surface area contributed by atoms with E-state index in [4.69, 9.17) is 0 Å². The Hall–Kier alpha value is -2.78. The standard InChI is InChI=1S/C26H39BN4O4.103H2/c1-9-16(3)26(7,8)25(27(34)35)31-23(32)21(13-20-12-10-11-15(2)17(20)4)30-24(33)22-14-28-18(5)19(6)29-22;;;;;;;;;;;;;;;;;;;;;;;;;;;;;;;;;;;;;;;;;;;;;;;;;;;;;;;;;;;;;;;;;;;;;;;;;;;;;;;;;;;;;;;;;;;;;;;;;;;;;;;/h10-12,14,16,21,25,34-35H,9,13H2,1-8H3,(H,30,33)(H,31,32);103*1H/t16?,21-,25-;;;;;;;;;;;;;;;;;;;;;;;;;;;;;;;;;;;;;;;;;;;;;;;;;;;;;;;;;;;;;;;;;;;;;;;;;;;;;;;;;;;;;;;;;;;;;;;;;;;;;;;/m0......................................................................................................./s1. The third kappa shape index (κ3) is 6.89. The normalized spacial score (nSPS) is 14.1. The molecule has 0 saturated carbocycles. The van der Waals surface area contributed by atoms with Gasteiger partial charge in [-0.2, -0.15) is 0 Å². The van der Waals surface area contributed by atoms with Gasteiger partial charge in [0.25, 0.3) is 5.91 Å². The lowest BCUT2D eigenvalue weighted by molar-refractivity contribution is -0.124. The molecule has 0 fully saturated rings. The SMILES string of the molecule is CCC(C)C(C)(C)[C@H](NC(=O)[C@H](Cc1cccc(C)c1C)NC(=O)c1cnc(C)c(C)n1)B(O)O.[HH].[HH].[HH].[HH].[HH].[HH].[HH].[HH].[HH].[HH].[HH].[HH].[HH].[HH].[HH].[HH].[HH].[HH].[HH].[HH].[HH].[HH].[HH].[HH].[HH].[HH].[HH].[HH].[HH].[HH].[HH].[HH].[HH].[HH].[HH].[HH].[HH].[HH].[HH].[HH].[HH].[HH].[HH].[HH].[HH].[HH].[HH].[HH].[HH].[HH].[HH].[HH].[HH].[HH].[HH].[HH].[HH].[HH].[HH].[HH].[HH].[HH].[HH].[HH].[HH].[HH].[HH].[HH].[HH].[HH].[HH].[HH].[HH].[HH].[HH].[HH].[HH].[HH].[HH].[HH].[HH].[HH].[HH].[HH].[HH].[HH].[HH].[HH].[HH].[HH].[HH].[HH].[HH].[HH].[HH].[HH].[HH].[HH].[HH].[HH].[HH].[HH].[HH]. The second-order valence-corrected chi connectivity index (χ2v) is 10.0. The molecular weight excluding hydrogens is 443 g/mol. The fourth-order valence-corrected chi connectivity index (χ4v) is 4.08. The van der Waals surface area contributed by atoms with Crippen molar-refractivity contribution in [3.63, 3.8) is 0 Å². The summed E-state index contributed by atoms with van der Waals surface area (Å²) in [7, 11) is -1.76. The fourth-order valence-electron chi connectivity index (χ4n) is 4.08. The van der Waals surface area contributed by atoms with E-state index in [1.165, 1.54) is 6.20 Å². The summed E-state index contributed by atoms with van der Waals surface area (Å²) >= 11 is 0. The number of benzene rings is 1. The van der Waals surface area contributed by atoms with E-state index in [1.807, 2.05) is 59.7 Å². The molecule has 0 aliphatic heterocycles. The minimum Gasteiger partial charge on any atom is -0.426 e. The molecule has 3 atom stereocenters. The van der Waals surface area contributed by atoms with Gasteiger partial charge in [-0.05, 0) is 55.7 Å². The van der Waals surface area contributed by atoms with Crippen LogP contribution in [0.15, 0.2) is 24.4 Å². The van der Waals surface area contributed by atoms with Crippen LogP contribution in [0.1, 0.15) is 220 Å². The minimum absolute atomic E-state index is 0. The second-order valence-electron chi connectivity index (χ2n) is 10.0. The summed E-state index contributed by atoms with van der Waals surface area (Å²) in [6.45, 7) is 15.4. The molecule has 1 unspecified atom stereocenters. The van der Waals surface area contributed by atoms with Crippen molar-refractivity contribution in [3.05, 3.63) is 58.2 Å². The molecular formula is C26H245BN4O4. The van der Waals surface area contributed by atoms with Crippen molar-refractivity contribution in [2.45, 2.75) is 80.2 Å². The molecule has 0 bridgehead atoms. The van der Waals surface area contributed by atoms with Gasteiger partial charge >= 0.3 is 7.12 Å². The maximum Gasteiger partial charge on any atom is 0.476 e. The van der Waals surface area contributed by atoms with Gasteiger partial charge < -0.3 is 20.7 Å². The Kier molecular flexibility index (Phi) is 9.57. The van der Waals surface area contributed by atoms with Gasteiger partial charge in [-0.3, -0.25) is 14.6 Å². The molecule has 0 aliphatic rings. The number of aryl methyl sites for hydroxylation is 3. The number of rotatable bonds is 10. The molecule has 35 heavy (non-hydrogen) atoms. The van der Waals surface area contributed by atoms with Crippen LogP contribution in [0.2, 0.25) is 0 Å². The summed E-state index contributed by atoms with van der Waals surface area (Å²) in [5.41, 5.74) is 3.89. The Morgan fingerprint density at radius 2 is 1.77 bits per heavy atom. The van der Waals surface area contributed by atoms with Gasteiger partial charge in [0, 0.05) is 153 Å². The number of nitrogens with one attached hydrogen (secondary N) is 2. The van der Waals surface area contributed by atoms with E-state index in [9.17, 15) is 19.6 Å². The highest BCUT2D eigenvalue weighted by Gasteiger charge is 2.43. The average Bonchev–Trinajstić information content (AvgIpc) is 2.80. The summed E-state index contributed by atoms with van der Waals surface area (Å²) in [5, 5.41) is 25.9. The van der Waals surface area contributed by atoms with E-state index in [0.717, 1.165) is 28.8 Å².